The summed E-state index contributed by atoms with van der Waals surface area (Å²) < 4.78 is 17.7. The van der Waals surface area contributed by atoms with Gasteiger partial charge in [-0.2, -0.15) is 9.78 Å². The maximum atomic E-state index is 13.4. The molecule has 0 radical (unpaired) electrons. The van der Waals surface area contributed by atoms with E-state index in [0.29, 0.717) is 55.7 Å². The fourth-order valence-corrected chi connectivity index (χ4v) is 4.90. The van der Waals surface area contributed by atoms with Gasteiger partial charge in [0.2, 0.25) is 5.13 Å². The molecule has 0 atom stereocenters. The van der Waals surface area contributed by atoms with Crippen LogP contribution < -0.4 is 14.8 Å². The number of nitrogens with zero attached hydrogens (tertiary/aromatic N) is 4. The molecule has 0 aliphatic rings. The summed E-state index contributed by atoms with van der Waals surface area (Å²) in [5.74, 6) is 1.68. The quantitative estimate of drug-likeness (QED) is 0.265. The Morgan fingerprint density at radius 3 is 2.62 bits per heavy atom. The van der Waals surface area contributed by atoms with Crippen LogP contribution in [0.4, 0.5) is 5.82 Å². The van der Waals surface area contributed by atoms with Gasteiger partial charge in [-0.3, -0.25) is 4.79 Å². The number of rotatable bonds is 7. The number of hydrogen-bond acceptors (Lipinski definition) is 8. The Labute approximate surface area is 221 Å². The molecule has 2 aromatic carbocycles. The molecular weight excluding hydrogens is 514 g/mol. The zero-order chi connectivity index (χ0) is 26.1. The molecule has 0 saturated carbocycles. The summed E-state index contributed by atoms with van der Waals surface area (Å²) in [4.78, 5) is 18.2. The normalized spacial score (nSPS) is 10.9. The van der Waals surface area contributed by atoms with E-state index in [1.807, 2.05) is 42.6 Å². The summed E-state index contributed by atoms with van der Waals surface area (Å²) in [6.45, 7) is 3.52. The Morgan fingerprint density at radius 2 is 1.86 bits per heavy atom. The smallest absolute Gasteiger partial charge is 0.262 e. The molecule has 5 aromatic rings. The molecule has 0 spiro atoms. The third-order valence-electron chi connectivity index (χ3n) is 5.64. The van der Waals surface area contributed by atoms with E-state index in [-0.39, 0.29) is 0 Å². The number of aromatic nitrogens is 4. The first-order chi connectivity index (χ1) is 17.9. The summed E-state index contributed by atoms with van der Waals surface area (Å²) in [6.07, 6.45) is 0. The molecule has 0 aliphatic heterocycles. The summed E-state index contributed by atoms with van der Waals surface area (Å²) in [6, 6.07) is 14.5. The van der Waals surface area contributed by atoms with E-state index in [1.54, 1.807) is 44.0 Å². The van der Waals surface area contributed by atoms with Crippen molar-refractivity contribution in [1.29, 1.82) is 0 Å². The lowest BCUT2D eigenvalue weighted by Gasteiger charge is -2.09. The number of thiazole rings is 1. The van der Waals surface area contributed by atoms with E-state index in [0.717, 1.165) is 11.3 Å². The van der Waals surface area contributed by atoms with Crippen LogP contribution in [-0.4, -0.2) is 40.0 Å². The Kier molecular flexibility index (Phi) is 6.68. The summed E-state index contributed by atoms with van der Waals surface area (Å²) in [7, 11) is 3.18. The largest absolute Gasteiger partial charge is 0.493 e. The first-order valence-electron chi connectivity index (χ1n) is 11.2. The molecule has 3 aromatic heterocycles. The van der Waals surface area contributed by atoms with Crippen molar-refractivity contribution in [3.63, 3.8) is 0 Å². The van der Waals surface area contributed by atoms with Crippen molar-refractivity contribution in [3.05, 3.63) is 76.0 Å². The molecule has 9 nitrogen and oxygen atoms in total. The minimum absolute atomic E-state index is 0.295. The number of benzene rings is 2. The number of carbonyl (C=O) groups excluding carboxylic acids is 1. The van der Waals surface area contributed by atoms with Crippen molar-refractivity contribution in [2.24, 2.45) is 0 Å². The van der Waals surface area contributed by atoms with Crippen LogP contribution in [-0.2, 0) is 0 Å². The summed E-state index contributed by atoms with van der Waals surface area (Å²) in [5.41, 5.74) is 3.58. The molecule has 188 valence electrons. The second-order valence-corrected chi connectivity index (χ2v) is 9.31. The lowest BCUT2D eigenvalue weighted by molar-refractivity contribution is 0.102. The molecule has 37 heavy (non-hydrogen) atoms. The van der Waals surface area contributed by atoms with Crippen LogP contribution >= 0.6 is 22.9 Å². The summed E-state index contributed by atoms with van der Waals surface area (Å²) >= 11 is 7.75. The van der Waals surface area contributed by atoms with Gasteiger partial charge in [0.15, 0.2) is 11.5 Å². The number of halogens is 1. The number of anilines is 1. The number of hydrogen-bond donors (Lipinski definition) is 1. The molecule has 3 heterocycles. The third-order valence-corrected chi connectivity index (χ3v) is 6.79. The van der Waals surface area contributed by atoms with E-state index in [1.165, 1.54) is 11.3 Å². The predicted octanol–water partition coefficient (Wildman–Crippen LogP) is 6.19. The van der Waals surface area contributed by atoms with E-state index in [4.69, 9.17) is 30.6 Å². The van der Waals surface area contributed by atoms with Crippen LogP contribution in [0.5, 0.6) is 11.5 Å². The van der Waals surface area contributed by atoms with Crippen molar-refractivity contribution < 1.29 is 18.8 Å². The van der Waals surface area contributed by atoms with Crippen LogP contribution in [0.25, 0.3) is 27.6 Å². The molecular formula is C26H22ClN5O4S. The molecule has 0 bridgehead atoms. The van der Waals surface area contributed by atoms with Crippen LogP contribution in [0.1, 0.15) is 21.8 Å². The summed E-state index contributed by atoms with van der Waals surface area (Å²) in [5, 5.41) is 14.5. The molecule has 1 amide bonds. The maximum absolute atomic E-state index is 13.4. The van der Waals surface area contributed by atoms with E-state index < -0.39 is 5.91 Å². The van der Waals surface area contributed by atoms with E-state index in [9.17, 15) is 4.79 Å². The fourth-order valence-electron chi connectivity index (χ4n) is 3.88. The molecule has 1 N–H and O–H groups in total. The van der Waals surface area contributed by atoms with Gasteiger partial charge >= 0.3 is 0 Å². The van der Waals surface area contributed by atoms with Crippen LogP contribution in [0.3, 0.4) is 0 Å². The minimum atomic E-state index is -0.397. The lowest BCUT2D eigenvalue weighted by atomic mass is 10.1. The SMILES string of the molecule is COc1ccc(-c2csc(-n3nc(C)cc3NC(=O)c3c(-c4ccccc4Cl)noc3C)n2)cc1OC. The van der Waals surface area contributed by atoms with E-state index in [2.05, 4.69) is 15.6 Å². The number of amides is 1. The predicted molar refractivity (Wildman–Crippen MR) is 142 cm³/mol. The molecule has 0 fully saturated rings. The number of aryl methyl sites for hydroxylation is 2. The number of nitrogens with one attached hydrogen (secondary N) is 1. The zero-order valence-corrected chi connectivity index (χ0v) is 22.0. The lowest BCUT2D eigenvalue weighted by Crippen LogP contribution is -2.16. The van der Waals surface area contributed by atoms with Crippen molar-refractivity contribution in [2.75, 3.05) is 19.5 Å². The monoisotopic (exact) mass is 535 g/mol. The van der Waals surface area contributed by atoms with Gasteiger partial charge in [-0.1, -0.05) is 35.0 Å². The average molecular weight is 536 g/mol. The average Bonchev–Trinajstić information content (AvgIpc) is 3.62. The number of carbonyl (C=O) groups is 1. The number of methoxy groups -OCH3 is 2. The second kappa shape index (κ2) is 10.1. The van der Waals surface area contributed by atoms with Gasteiger partial charge in [-0.25, -0.2) is 4.98 Å². The molecule has 0 unspecified atom stereocenters. The van der Waals surface area contributed by atoms with Gasteiger partial charge in [0.1, 0.15) is 22.8 Å². The Morgan fingerprint density at radius 1 is 1.08 bits per heavy atom. The van der Waals surface area contributed by atoms with Crippen molar-refractivity contribution in [3.8, 4) is 39.1 Å². The fraction of sp³-hybridized carbons (Fsp3) is 0.154. The van der Waals surface area contributed by atoms with Gasteiger partial charge in [-0.05, 0) is 38.1 Å². The van der Waals surface area contributed by atoms with E-state index >= 15 is 0 Å². The van der Waals surface area contributed by atoms with Crippen molar-refractivity contribution in [1.82, 2.24) is 19.9 Å². The Hall–Kier alpha value is -4.15. The number of ether oxygens (including phenoxy) is 2. The van der Waals surface area contributed by atoms with Crippen LogP contribution in [0.2, 0.25) is 5.02 Å². The Balaban J connectivity index is 1.46. The highest BCUT2D eigenvalue weighted by Crippen LogP contribution is 2.34. The van der Waals surface area contributed by atoms with Crippen LogP contribution in [0.15, 0.2) is 58.4 Å². The Bertz CT molecular complexity index is 1610. The third kappa shape index (κ3) is 4.68. The molecule has 11 heteroatoms. The highest BCUT2D eigenvalue weighted by molar-refractivity contribution is 7.12. The maximum Gasteiger partial charge on any atom is 0.262 e. The van der Waals surface area contributed by atoms with Crippen LogP contribution in [0, 0.1) is 13.8 Å². The van der Waals surface area contributed by atoms with Gasteiger partial charge in [0.25, 0.3) is 5.91 Å². The van der Waals surface area contributed by atoms with Crippen molar-refractivity contribution >= 4 is 34.7 Å². The first-order valence-corrected chi connectivity index (χ1v) is 12.4. The second-order valence-electron chi connectivity index (χ2n) is 8.06. The van der Waals surface area contributed by atoms with Gasteiger partial charge < -0.3 is 19.3 Å². The van der Waals surface area contributed by atoms with Gasteiger partial charge in [0, 0.05) is 22.6 Å². The highest BCUT2D eigenvalue weighted by Gasteiger charge is 2.25. The molecule has 0 saturated heterocycles. The zero-order valence-electron chi connectivity index (χ0n) is 20.4. The molecule has 5 rings (SSSR count). The molecule has 0 aliphatic carbocycles. The van der Waals surface area contributed by atoms with Gasteiger partial charge in [0.05, 0.1) is 30.6 Å². The topological polar surface area (TPSA) is 104 Å². The minimum Gasteiger partial charge on any atom is -0.493 e. The first kappa shape index (κ1) is 24.5. The van der Waals surface area contributed by atoms with Gasteiger partial charge in [-0.15, -0.1) is 11.3 Å². The standard InChI is InChI=1S/C26H22ClN5O4S/c1-14-11-22(29-25(33)23-15(2)36-31-24(23)17-7-5-6-8-18(17)27)32(30-14)26-28-19(13-37-26)16-9-10-20(34-3)21(12-16)35-4/h5-13H,1-4H3,(H,29,33). The van der Waals surface area contributed by atoms with Crippen molar-refractivity contribution in [2.45, 2.75) is 13.8 Å². The highest BCUT2D eigenvalue weighted by atomic mass is 35.5.